The van der Waals surface area contributed by atoms with E-state index < -0.39 is 0 Å². The number of allylic oxidation sites excluding steroid dienone is 3. The quantitative estimate of drug-likeness (QED) is 0.528. The number of ether oxygens (including phenoxy) is 2. The Hall–Kier alpha value is -1.25. The van der Waals surface area contributed by atoms with Crippen molar-refractivity contribution in [3.8, 4) is 0 Å². The minimum atomic E-state index is 0.00495. The Morgan fingerprint density at radius 1 is 1.47 bits per heavy atom. The number of hydrogen-bond acceptors (Lipinski definition) is 3. The molecule has 15 heavy (non-hydrogen) atoms. The van der Waals surface area contributed by atoms with Crippen LogP contribution in [-0.2, 0) is 14.3 Å². The Kier molecular flexibility index (Phi) is 4.40. The standard InChI is InChI=1S/C12H18O3/c1-4-14-11-6-5-10(12(13)7-11)8-15-9(2)3/h7-9H,4-6H2,1-3H3/b10-8-. The molecule has 0 bridgehead atoms. The maximum Gasteiger partial charge on any atom is 0.188 e. The molecule has 0 heterocycles. The summed E-state index contributed by atoms with van der Waals surface area (Å²) in [5.74, 6) is 0.787. The minimum Gasteiger partial charge on any atom is -0.498 e. The molecular formula is C12H18O3. The van der Waals surface area contributed by atoms with Gasteiger partial charge in [0.1, 0.15) is 5.76 Å². The lowest BCUT2D eigenvalue weighted by Gasteiger charge is -2.15. The highest BCUT2D eigenvalue weighted by atomic mass is 16.5. The van der Waals surface area contributed by atoms with Gasteiger partial charge in [0.05, 0.1) is 19.0 Å². The minimum absolute atomic E-state index is 0.00495. The van der Waals surface area contributed by atoms with E-state index >= 15 is 0 Å². The predicted molar refractivity (Wildman–Crippen MR) is 58.3 cm³/mol. The highest BCUT2D eigenvalue weighted by Gasteiger charge is 2.16. The zero-order chi connectivity index (χ0) is 11.3. The maximum absolute atomic E-state index is 11.6. The molecule has 0 unspecified atom stereocenters. The first-order chi connectivity index (χ1) is 7.13. The maximum atomic E-state index is 11.6. The smallest absolute Gasteiger partial charge is 0.188 e. The monoisotopic (exact) mass is 210 g/mol. The van der Waals surface area contributed by atoms with Crippen LogP contribution in [0.15, 0.2) is 23.7 Å². The van der Waals surface area contributed by atoms with Crippen LogP contribution in [-0.4, -0.2) is 18.5 Å². The van der Waals surface area contributed by atoms with Crippen molar-refractivity contribution < 1.29 is 14.3 Å². The molecule has 0 N–H and O–H groups in total. The van der Waals surface area contributed by atoms with Gasteiger partial charge in [-0.25, -0.2) is 0 Å². The fourth-order valence-corrected chi connectivity index (χ4v) is 1.33. The van der Waals surface area contributed by atoms with Crippen LogP contribution in [0.4, 0.5) is 0 Å². The lowest BCUT2D eigenvalue weighted by atomic mass is 10.00. The van der Waals surface area contributed by atoms with Crippen LogP contribution in [0.2, 0.25) is 0 Å². The number of rotatable bonds is 4. The van der Waals surface area contributed by atoms with E-state index in [1.807, 2.05) is 20.8 Å². The molecule has 0 spiro atoms. The molecule has 3 nitrogen and oxygen atoms in total. The topological polar surface area (TPSA) is 35.5 Å². The Morgan fingerprint density at radius 2 is 2.20 bits per heavy atom. The van der Waals surface area contributed by atoms with Gasteiger partial charge in [0.25, 0.3) is 0 Å². The second kappa shape index (κ2) is 5.59. The van der Waals surface area contributed by atoms with Crippen LogP contribution in [0.5, 0.6) is 0 Å². The van der Waals surface area contributed by atoms with Crippen LogP contribution in [0.25, 0.3) is 0 Å². The number of carbonyl (C=O) groups excluding carboxylic acids is 1. The summed E-state index contributed by atoms with van der Waals surface area (Å²) in [6.07, 6.45) is 4.74. The van der Waals surface area contributed by atoms with Gasteiger partial charge in [-0.3, -0.25) is 4.79 Å². The van der Waals surface area contributed by atoms with Crippen LogP contribution in [0.1, 0.15) is 33.6 Å². The van der Waals surface area contributed by atoms with Gasteiger partial charge in [0, 0.05) is 18.1 Å². The van der Waals surface area contributed by atoms with Crippen LogP contribution < -0.4 is 0 Å². The molecule has 0 aromatic heterocycles. The summed E-state index contributed by atoms with van der Waals surface area (Å²) >= 11 is 0. The van der Waals surface area contributed by atoms with E-state index in [1.54, 1.807) is 12.3 Å². The molecule has 0 atom stereocenters. The Bertz CT molecular complexity index is 287. The average molecular weight is 210 g/mol. The highest BCUT2D eigenvalue weighted by Crippen LogP contribution is 2.21. The SMILES string of the molecule is CCOC1=CC(=O)/C(=C\OC(C)C)CC1. The van der Waals surface area contributed by atoms with Crippen LogP contribution >= 0.6 is 0 Å². The molecule has 1 aliphatic carbocycles. The van der Waals surface area contributed by atoms with Crippen LogP contribution in [0.3, 0.4) is 0 Å². The summed E-state index contributed by atoms with van der Waals surface area (Å²) in [7, 11) is 0. The van der Waals surface area contributed by atoms with Gasteiger partial charge >= 0.3 is 0 Å². The first kappa shape index (κ1) is 11.8. The van der Waals surface area contributed by atoms with E-state index in [1.165, 1.54) is 0 Å². The predicted octanol–water partition coefficient (Wildman–Crippen LogP) is 2.58. The van der Waals surface area contributed by atoms with Crippen molar-refractivity contribution >= 4 is 5.78 Å². The highest BCUT2D eigenvalue weighted by molar-refractivity contribution is 6.04. The second-order valence-corrected chi connectivity index (χ2v) is 3.74. The molecular weight excluding hydrogens is 192 g/mol. The van der Waals surface area contributed by atoms with E-state index in [0.717, 1.165) is 17.8 Å². The normalized spacial score (nSPS) is 19.3. The molecule has 0 aliphatic heterocycles. The molecule has 0 saturated carbocycles. The van der Waals surface area contributed by atoms with Gasteiger partial charge in [-0.05, 0) is 27.2 Å². The lowest BCUT2D eigenvalue weighted by Crippen LogP contribution is -2.10. The van der Waals surface area contributed by atoms with Crippen LogP contribution in [0, 0.1) is 0 Å². The third-order valence-electron chi connectivity index (χ3n) is 2.06. The van der Waals surface area contributed by atoms with Crippen molar-refractivity contribution in [1.29, 1.82) is 0 Å². The molecule has 84 valence electrons. The van der Waals surface area contributed by atoms with Crippen molar-refractivity contribution in [2.45, 2.75) is 39.7 Å². The first-order valence-electron chi connectivity index (χ1n) is 5.35. The molecule has 0 fully saturated rings. The molecule has 3 heteroatoms. The molecule has 0 amide bonds. The summed E-state index contributed by atoms with van der Waals surface area (Å²) in [4.78, 5) is 11.6. The largest absolute Gasteiger partial charge is 0.498 e. The summed E-state index contributed by atoms with van der Waals surface area (Å²) in [6, 6.07) is 0. The lowest BCUT2D eigenvalue weighted by molar-refractivity contribution is -0.112. The molecule has 0 aromatic carbocycles. The Balaban J connectivity index is 2.60. The van der Waals surface area contributed by atoms with E-state index in [-0.39, 0.29) is 11.9 Å². The number of hydrogen-bond donors (Lipinski definition) is 0. The zero-order valence-electron chi connectivity index (χ0n) is 9.58. The second-order valence-electron chi connectivity index (χ2n) is 3.74. The molecule has 1 aliphatic rings. The number of ketones is 1. The Labute approximate surface area is 90.8 Å². The number of carbonyl (C=O) groups is 1. The fraction of sp³-hybridized carbons (Fsp3) is 0.583. The van der Waals surface area contributed by atoms with Gasteiger partial charge in [0.15, 0.2) is 5.78 Å². The van der Waals surface area contributed by atoms with Gasteiger partial charge < -0.3 is 9.47 Å². The van der Waals surface area contributed by atoms with Crippen molar-refractivity contribution in [3.63, 3.8) is 0 Å². The van der Waals surface area contributed by atoms with Gasteiger partial charge in [0.2, 0.25) is 0 Å². The third-order valence-corrected chi connectivity index (χ3v) is 2.06. The summed E-state index contributed by atoms with van der Waals surface area (Å²) in [5.41, 5.74) is 0.729. The van der Waals surface area contributed by atoms with Crippen molar-refractivity contribution in [2.24, 2.45) is 0 Å². The van der Waals surface area contributed by atoms with E-state index in [4.69, 9.17) is 9.47 Å². The summed E-state index contributed by atoms with van der Waals surface area (Å²) < 4.78 is 10.6. The molecule has 0 aromatic rings. The molecule has 1 rings (SSSR count). The van der Waals surface area contributed by atoms with E-state index in [2.05, 4.69) is 0 Å². The summed E-state index contributed by atoms with van der Waals surface area (Å²) in [5, 5.41) is 0. The first-order valence-corrected chi connectivity index (χ1v) is 5.35. The molecule has 0 saturated heterocycles. The van der Waals surface area contributed by atoms with Gasteiger partial charge in [-0.2, -0.15) is 0 Å². The van der Waals surface area contributed by atoms with E-state index in [0.29, 0.717) is 13.0 Å². The van der Waals surface area contributed by atoms with Crippen molar-refractivity contribution in [3.05, 3.63) is 23.7 Å². The zero-order valence-corrected chi connectivity index (χ0v) is 9.58. The summed E-state index contributed by atoms with van der Waals surface area (Å²) in [6.45, 7) is 6.40. The van der Waals surface area contributed by atoms with Crippen molar-refractivity contribution in [2.75, 3.05) is 6.61 Å². The third kappa shape index (κ3) is 3.78. The van der Waals surface area contributed by atoms with Gasteiger partial charge in [-0.1, -0.05) is 0 Å². The van der Waals surface area contributed by atoms with Crippen molar-refractivity contribution in [1.82, 2.24) is 0 Å². The Morgan fingerprint density at radius 3 is 2.73 bits per heavy atom. The van der Waals surface area contributed by atoms with Gasteiger partial charge in [-0.15, -0.1) is 0 Å². The fourth-order valence-electron chi connectivity index (χ4n) is 1.33. The average Bonchev–Trinajstić information content (AvgIpc) is 2.17. The molecule has 0 radical (unpaired) electrons. The van der Waals surface area contributed by atoms with E-state index in [9.17, 15) is 4.79 Å².